The van der Waals surface area contributed by atoms with Gasteiger partial charge in [-0.05, 0) is 45.2 Å². The van der Waals surface area contributed by atoms with E-state index in [1.54, 1.807) is 11.3 Å². The largest absolute Gasteiger partial charge is 0.314 e. The second-order valence-corrected chi connectivity index (χ2v) is 6.50. The van der Waals surface area contributed by atoms with Gasteiger partial charge in [-0.2, -0.15) is 0 Å². The van der Waals surface area contributed by atoms with Gasteiger partial charge in [0.25, 0.3) is 0 Å². The van der Waals surface area contributed by atoms with Crippen molar-refractivity contribution in [3.63, 3.8) is 0 Å². The van der Waals surface area contributed by atoms with Crippen LogP contribution in [-0.4, -0.2) is 36.1 Å². The summed E-state index contributed by atoms with van der Waals surface area (Å²) in [4.78, 5) is 7.09. The van der Waals surface area contributed by atoms with E-state index in [1.807, 2.05) is 5.51 Å². The number of thiazole rings is 1. The molecule has 0 aromatic carbocycles. The highest BCUT2D eigenvalue weighted by molar-refractivity contribution is 7.07. The molecular weight excluding hydrogens is 242 g/mol. The van der Waals surface area contributed by atoms with E-state index in [1.165, 1.54) is 44.3 Å². The zero-order chi connectivity index (χ0) is 12.4. The first-order valence-electron chi connectivity index (χ1n) is 7.16. The predicted molar refractivity (Wildman–Crippen MR) is 75.9 cm³/mol. The maximum Gasteiger partial charge on any atom is 0.0795 e. The molecule has 1 aliphatic heterocycles. The molecule has 100 valence electrons. The molecule has 2 heterocycles. The Labute approximate surface area is 114 Å². The zero-order valence-corrected chi connectivity index (χ0v) is 12.0. The van der Waals surface area contributed by atoms with Crippen LogP contribution < -0.4 is 5.32 Å². The van der Waals surface area contributed by atoms with E-state index in [0.717, 1.165) is 18.5 Å². The predicted octanol–water partition coefficient (Wildman–Crippen LogP) is 2.67. The average Bonchev–Trinajstić information content (AvgIpc) is 3.09. The standard InChI is InChI=1S/C14H23N3S/c1-17-7-3-2-4-11(8-15-12-5-6-12)14(17)13-9-18-10-16-13/h9-12,14-15H,2-8H2,1H3. The number of nitrogens with one attached hydrogen (secondary N) is 1. The highest BCUT2D eigenvalue weighted by Gasteiger charge is 2.31. The van der Waals surface area contributed by atoms with Gasteiger partial charge in [0.15, 0.2) is 0 Å². The number of aromatic nitrogens is 1. The summed E-state index contributed by atoms with van der Waals surface area (Å²) in [6.07, 6.45) is 6.79. The first kappa shape index (κ1) is 12.6. The highest BCUT2D eigenvalue weighted by Crippen LogP contribution is 2.34. The van der Waals surface area contributed by atoms with Crippen molar-refractivity contribution in [3.8, 4) is 0 Å². The number of hydrogen-bond donors (Lipinski definition) is 1. The molecule has 0 amide bonds. The molecule has 1 aromatic heterocycles. The quantitative estimate of drug-likeness (QED) is 0.907. The van der Waals surface area contributed by atoms with Crippen molar-refractivity contribution in [3.05, 3.63) is 16.6 Å². The molecule has 4 heteroatoms. The summed E-state index contributed by atoms with van der Waals surface area (Å²) >= 11 is 1.72. The van der Waals surface area contributed by atoms with Gasteiger partial charge in [0.05, 0.1) is 17.2 Å². The van der Waals surface area contributed by atoms with Crippen LogP contribution in [0.15, 0.2) is 10.9 Å². The lowest BCUT2D eigenvalue weighted by Gasteiger charge is -2.31. The lowest BCUT2D eigenvalue weighted by Crippen LogP contribution is -2.35. The Morgan fingerprint density at radius 1 is 1.39 bits per heavy atom. The molecule has 0 spiro atoms. The van der Waals surface area contributed by atoms with Gasteiger partial charge in [0.2, 0.25) is 0 Å². The maximum atomic E-state index is 4.57. The van der Waals surface area contributed by atoms with E-state index in [9.17, 15) is 0 Å². The lowest BCUT2D eigenvalue weighted by molar-refractivity contribution is 0.185. The van der Waals surface area contributed by atoms with E-state index in [2.05, 4.69) is 27.6 Å². The van der Waals surface area contributed by atoms with E-state index in [-0.39, 0.29) is 0 Å². The average molecular weight is 265 g/mol. The maximum absolute atomic E-state index is 4.57. The molecule has 1 saturated carbocycles. The Bertz CT molecular complexity index is 361. The van der Waals surface area contributed by atoms with Crippen LogP contribution in [0.4, 0.5) is 0 Å². The molecule has 1 aromatic rings. The smallest absolute Gasteiger partial charge is 0.0795 e. The fourth-order valence-electron chi connectivity index (χ4n) is 3.08. The van der Waals surface area contributed by atoms with Crippen LogP contribution in [0.2, 0.25) is 0 Å². The van der Waals surface area contributed by atoms with Crippen LogP contribution in [0.3, 0.4) is 0 Å². The monoisotopic (exact) mass is 265 g/mol. The molecule has 3 rings (SSSR count). The Morgan fingerprint density at radius 2 is 2.28 bits per heavy atom. The minimum atomic E-state index is 0.519. The van der Waals surface area contributed by atoms with Gasteiger partial charge in [-0.25, -0.2) is 4.98 Å². The summed E-state index contributed by atoms with van der Waals surface area (Å²) in [5, 5.41) is 5.95. The SMILES string of the molecule is CN1CCCCC(CNC2CC2)C1c1cscn1. The van der Waals surface area contributed by atoms with Crippen molar-refractivity contribution in [2.24, 2.45) is 5.92 Å². The van der Waals surface area contributed by atoms with Gasteiger partial charge in [-0.3, -0.25) is 4.90 Å². The summed E-state index contributed by atoms with van der Waals surface area (Å²) in [5.41, 5.74) is 3.26. The zero-order valence-electron chi connectivity index (χ0n) is 11.1. The Kier molecular flexibility index (Phi) is 3.97. The van der Waals surface area contributed by atoms with Crippen LogP contribution >= 0.6 is 11.3 Å². The number of hydrogen-bond acceptors (Lipinski definition) is 4. The van der Waals surface area contributed by atoms with Crippen LogP contribution in [0.5, 0.6) is 0 Å². The van der Waals surface area contributed by atoms with E-state index < -0.39 is 0 Å². The van der Waals surface area contributed by atoms with Gasteiger partial charge in [0.1, 0.15) is 0 Å². The fraction of sp³-hybridized carbons (Fsp3) is 0.786. The molecule has 1 N–H and O–H groups in total. The number of likely N-dealkylation sites (tertiary alicyclic amines) is 1. The molecule has 1 saturated heterocycles. The molecule has 0 radical (unpaired) electrons. The lowest BCUT2D eigenvalue weighted by atomic mass is 9.92. The second kappa shape index (κ2) is 5.68. The van der Waals surface area contributed by atoms with Crippen LogP contribution in [0.25, 0.3) is 0 Å². The van der Waals surface area contributed by atoms with E-state index in [4.69, 9.17) is 0 Å². The first-order chi connectivity index (χ1) is 8.84. The van der Waals surface area contributed by atoms with E-state index in [0.29, 0.717) is 6.04 Å². The van der Waals surface area contributed by atoms with Gasteiger partial charge in [-0.15, -0.1) is 11.3 Å². The molecule has 3 nitrogen and oxygen atoms in total. The van der Waals surface area contributed by atoms with Crippen molar-refractivity contribution >= 4 is 11.3 Å². The number of nitrogens with zero attached hydrogens (tertiary/aromatic N) is 2. The van der Waals surface area contributed by atoms with E-state index >= 15 is 0 Å². The van der Waals surface area contributed by atoms with Crippen molar-refractivity contribution in [1.29, 1.82) is 0 Å². The Balaban J connectivity index is 1.72. The molecule has 1 aliphatic carbocycles. The van der Waals surface area contributed by atoms with Gasteiger partial charge in [0, 0.05) is 18.0 Å². The minimum Gasteiger partial charge on any atom is -0.314 e. The number of rotatable bonds is 4. The summed E-state index contributed by atoms with van der Waals surface area (Å²) < 4.78 is 0. The molecule has 18 heavy (non-hydrogen) atoms. The molecule has 2 fully saturated rings. The molecule has 0 bridgehead atoms. The first-order valence-corrected chi connectivity index (χ1v) is 8.10. The highest BCUT2D eigenvalue weighted by atomic mass is 32.1. The third-order valence-corrected chi connectivity index (χ3v) is 4.86. The third-order valence-electron chi connectivity index (χ3n) is 4.26. The van der Waals surface area contributed by atoms with Gasteiger partial charge in [-0.1, -0.05) is 6.42 Å². The Hall–Kier alpha value is -0.450. The molecule has 2 unspecified atom stereocenters. The van der Waals surface area contributed by atoms with Crippen molar-refractivity contribution in [1.82, 2.24) is 15.2 Å². The fourth-order valence-corrected chi connectivity index (χ4v) is 3.66. The topological polar surface area (TPSA) is 28.2 Å². The third kappa shape index (κ3) is 2.92. The summed E-state index contributed by atoms with van der Waals surface area (Å²) in [6.45, 7) is 2.37. The van der Waals surface area contributed by atoms with Crippen LogP contribution in [0.1, 0.15) is 43.8 Å². The van der Waals surface area contributed by atoms with Gasteiger partial charge >= 0.3 is 0 Å². The minimum absolute atomic E-state index is 0.519. The second-order valence-electron chi connectivity index (χ2n) is 5.78. The molecular formula is C14H23N3S. The van der Waals surface area contributed by atoms with Crippen molar-refractivity contribution < 1.29 is 0 Å². The van der Waals surface area contributed by atoms with Crippen molar-refractivity contribution in [2.75, 3.05) is 20.1 Å². The van der Waals surface area contributed by atoms with Crippen molar-refractivity contribution in [2.45, 2.75) is 44.2 Å². The summed E-state index contributed by atoms with van der Waals surface area (Å²) in [5.74, 6) is 0.722. The molecule has 2 aliphatic rings. The summed E-state index contributed by atoms with van der Waals surface area (Å²) in [7, 11) is 2.26. The molecule has 2 atom stereocenters. The normalized spacial score (nSPS) is 30.3. The Morgan fingerprint density at radius 3 is 3.00 bits per heavy atom. The van der Waals surface area contributed by atoms with Gasteiger partial charge < -0.3 is 5.32 Å². The summed E-state index contributed by atoms with van der Waals surface area (Å²) in [6, 6.07) is 1.33. The van der Waals surface area contributed by atoms with Crippen LogP contribution in [-0.2, 0) is 0 Å². The van der Waals surface area contributed by atoms with Crippen LogP contribution in [0, 0.1) is 5.92 Å².